The van der Waals surface area contributed by atoms with E-state index in [0.717, 1.165) is 61.4 Å². The fourth-order valence-corrected chi connectivity index (χ4v) is 3.80. The summed E-state index contributed by atoms with van der Waals surface area (Å²) in [7, 11) is 0. The number of hydrogen-bond donors (Lipinski definition) is 2. The second-order valence-electron chi connectivity index (χ2n) is 8.07. The number of allylic oxidation sites excluding steroid dienone is 1. The van der Waals surface area contributed by atoms with Gasteiger partial charge in [0.15, 0.2) is 0 Å². The Morgan fingerprint density at radius 3 is 2.68 bits per heavy atom. The summed E-state index contributed by atoms with van der Waals surface area (Å²) in [6.45, 7) is 3.37. The molecule has 1 aromatic carbocycles. The molecule has 1 saturated heterocycles. The fraction of sp³-hybridized carbons (Fsp3) is 0.500. The quantitative estimate of drug-likeness (QED) is 0.755. The predicted octanol–water partition coefficient (Wildman–Crippen LogP) is 3.38. The van der Waals surface area contributed by atoms with Gasteiger partial charge in [0.1, 0.15) is 0 Å². The standard InChI is InChI=1S/C22H27N5O/c23-22(15-4-5-15)18(13-24-16-2-1-3-16)21-14-25-20-12-17(6-7-19(20)26-21)27-8-10-28-11-9-27/h6-7,12-16,23-24H,1-5,8-11H2/b18-13-,23-22?. The van der Waals surface area contributed by atoms with Crippen molar-refractivity contribution in [2.24, 2.45) is 5.92 Å². The lowest BCUT2D eigenvalue weighted by atomic mass is 9.93. The number of nitrogens with one attached hydrogen (secondary N) is 2. The summed E-state index contributed by atoms with van der Waals surface area (Å²) in [4.78, 5) is 11.9. The number of ether oxygens (including phenoxy) is 1. The van der Waals surface area contributed by atoms with Crippen molar-refractivity contribution in [3.05, 3.63) is 36.3 Å². The number of hydrogen-bond acceptors (Lipinski definition) is 6. The van der Waals surface area contributed by atoms with E-state index in [-0.39, 0.29) is 0 Å². The minimum absolute atomic E-state index is 0.385. The SMILES string of the molecule is N=C(/C(=C\NC1CCC1)c1cnc2cc(N3CCOCC3)ccc2n1)C1CC1. The number of fused-ring (bicyclic) bond motifs is 1. The lowest BCUT2D eigenvalue weighted by Gasteiger charge is -2.28. The van der Waals surface area contributed by atoms with Gasteiger partial charge >= 0.3 is 0 Å². The van der Waals surface area contributed by atoms with Crippen LogP contribution in [0.4, 0.5) is 5.69 Å². The minimum Gasteiger partial charge on any atom is -0.388 e. The Morgan fingerprint density at radius 2 is 1.96 bits per heavy atom. The van der Waals surface area contributed by atoms with Gasteiger partial charge in [0, 0.05) is 48.2 Å². The monoisotopic (exact) mass is 377 g/mol. The van der Waals surface area contributed by atoms with Crippen molar-refractivity contribution >= 4 is 28.0 Å². The molecule has 0 unspecified atom stereocenters. The number of rotatable bonds is 6. The molecule has 2 aliphatic carbocycles. The molecule has 2 aromatic rings. The molecule has 6 heteroatoms. The van der Waals surface area contributed by atoms with Crippen LogP contribution < -0.4 is 10.2 Å². The first-order valence-electron chi connectivity index (χ1n) is 10.4. The van der Waals surface area contributed by atoms with Gasteiger partial charge in [-0.05, 0) is 50.3 Å². The maximum Gasteiger partial charge on any atom is 0.0925 e. The van der Waals surface area contributed by atoms with Gasteiger partial charge in [0.2, 0.25) is 0 Å². The van der Waals surface area contributed by atoms with E-state index in [1.807, 2.05) is 18.5 Å². The second-order valence-corrected chi connectivity index (χ2v) is 8.07. The Bertz CT molecular complexity index is 910. The van der Waals surface area contributed by atoms with Gasteiger partial charge in [-0.15, -0.1) is 0 Å². The highest BCUT2D eigenvalue weighted by Gasteiger charge is 2.30. The summed E-state index contributed by atoms with van der Waals surface area (Å²) < 4.78 is 5.45. The molecular weight excluding hydrogens is 350 g/mol. The third-order valence-electron chi connectivity index (χ3n) is 6.02. The van der Waals surface area contributed by atoms with Crippen molar-refractivity contribution in [3.8, 4) is 0 Å². The molecule has 2 N–H and O–H groups in total. The average molecular weight is 377 g/mol. The van der Waals surface area contributed by atoms with Crippen LogP contribution in [-0.4, -0.2) is 48.0 Å². The Hall–Kier alpha value is -2.47. The van der Waals surface area contributed by atoms with E-state index in [9.17, 15) is 0 Å². The summed E-state index contributed by atoms with van der Waals surface area (Å²) in [5, 5.41) is 12.1. The minimum atomic E-state index is 0.385. The highest BCUT2D eigenvalue weighted by molar-refractivity contribution is 6.23. The lowest BCUT2D eigenvalue weighted by Crippen LogP contribution is -2.36. The number of aromatic nitrogens is 2. The van der Waals surface area contributed by atoms with Gasteiger partial charge in [0.05, 0.1) is 36.1 Å². The molecule has 0 spiro atoms. The zero-order chi connectivity index (χ0) is 18.9. The summed E-state index contributed by atoms with van der Waals surface area (Å²) in [5.41, 5.74) is 5.36. The third kappa shape index (κ3) is 3.61. The van der Waals surface area contributed by atoms with Gasteiger partial charge in [-0.2, -0.15) is 0 Å². The maximum atomic E-state index is 8.60. The van der Waals surface area contributed by atoms with Crippen molar-refractivity contribution in [2.75, 3.05) is 31.2 Å². The Labute approximate surface area is 165 Å². The molecule has 0 atom stereocenters. The molecule has 5 rings (SSSR count). The normalized spacial score (nSPS) is 20.9. The van der Waals surface area contributed by atoms with E-state index in [1.165, 1.54) is 24.9 Å². The molecular formula is C22H27N5O. The van der Waals surface area contributed by atoms with E-state index in [1.54, 1.807) is 0 Å². The first-order chi connectivity index (χ1) is 13.8. The van der Waals surface area contributed by atoms with Crippen molar-refractivity contribution in [3.63, 3.8) is 0 Å². The molecule has 3 aliphatic rings. The first-order valence-corrected chi connectivity index (χ1v) is 10.4. The molecule has 0 bridgehead atoms. The van der Waals surface area contributed by atoms with Crippen LogP contribution in [0.5, 0.6) is 0 Å². The Morgan fingerprint density at radius 1 is 1.14 bits per heavy atom. The maximum absolute atomic E-state index is 8.60. The van der Waals surface area contributed by atoms with E-state index in [4.69, 9.17) is 20.1 Å². The smallest absolute Gasteiger partial charge is 0.0925 e. The molecule has 146 valence electrons. The zero-order valence-corrected chi connectivity index (χ0v) is 16.2. The fourth-order valence-electron chi connectivity index (χ4n) is 3.80. The van der Waals surface area contributed by atoms with Crippen molar-refractivity contribution in [1.82, 2.24) is 15.3 Å². The Balaban J connectivity index is 1.43. The van der Waals surface area contributed by atoms with Gasteiger partial charge in [-0.25, -0.2) is 4.98 Å². The lowest BCUT2D eigenvalue weighted by molar-refractivity contribution is 0.122. The third-order valence-corrected chi connectivity index (χ3v) is 6.02. The summed E-state index contributed by atoms with van der Waals surface area (Å²) >= 11 is 0. The first kappa shape index (κ1) is 17.6. The van der Waals surface area contributed by atoms with Crippen LogP contribution >= 0.6 is 0 Å². The second kappa shape index (κ2) is 7.51. The summed E-state index contributed by atoms with van der Waals surface area (Å²) in [6.07, 6.45) is 9.80. The summed E-state index contributed by atoms with van der Waals surface area (Å²) in [5.74, 6) is 0.385. The highest BCUT2D eigenvalue weighted by Crippen LogP contribution is 2.35. The molecule has 1 aliphatic heterocycles. The predicted molar refractivity (Wildman–Crippen MR) is 112 cm³/mol. The van der Waals surface area contributed by atoms with Crippen LogP contribution in [0, 0.1) is 11.3 Å². The molecule has 2 heterocycles. The van der Waals surface area contributed by atoms with Gasteiger partial charge in [-0.3, -0.25) is 4.98 Å². The van der Waals surface area contributed by atoms with E-state index in [2.05, 4.69) is 22.3 Å². The van der Waals surface area contributed by atoms with Crippen molar-refractivity contribution < 1.29 is 4.74 Å². The zero-order valence-electron chi connectivity index (χ0n) is 16.2. The van der Waals surface area contributed by atoms with E-state index >= 15 is 0 Å². The topological polar surface area (TPSA) is 74.1 Å². The van der Waals surface area contributed by atoms with Gasteiger partial charge in [-0.1, -0.05) is 0 Å². The largest absolute Gasteiger partial charge is 0.388 e. The van der Waals surface area contributed by atoms with Crippen molar-refractivity contribution in [1.29, 1.82) is 5.41 Å². The number of benzene rings is 1. The van der Waals surface area contributed by atoms with Crippen LogP contribution in [-0.2, 0) is 4.74 Å². The van der Waals surface area contributed by atoms with Gasteiger partial charge in [0.25, 0.3) is 0 Å². The molecule has 2 saturated carbocycles. The Kier molecular flexibility index (Phi) is 4.72. The number of nitrogens with zero attached hydrogens (tertiary/aromatic N) is 3. The van der Waals surface area contributed by atoms with Crippen molar-refractivity contribution in [2.45, 2.75) is 38.1 Å². The highest BCUT2D eigenvalue weighted by atomic mass is 16.5. The molecule has 28 heavy (non-hydrogen) atoms. The van der Waals surface area contributed by atoms with E-state index < -0.39 is 0 Å². The average Bonchev–Trinajstić information content (AvgIpc) is 3.55. The number of morpholine rings is 1. The summed E-state index contributed by atoms with van der Waals surface area (Å²) in [6, 6.07) is 6.83. The van der Waals surface area contributed by atoms with Crippen LogP contribution in [0.25, 0.3) is 16.6 Å². The molecule has 6 nitrogen and oxygen atoms in total. The molecule has 0 radical (unpaired) electrons. The van der Waals surface area contributed by atoms with Crippen LogP contribution in [0.15, 0.2) is 30.6 Å². The molecule has 0 amide bonds. The molecule has 3 fully saturated rings. The van der Waals surface area contributed by atoms with Gasteiger partial charge < -0.3 is 20.4 Å². The number of anilines is 1. The van der Waals surface area contributed by atoms with E-state index in [0.29, 0.717) is 17.7 Å². The van der Waals surface area contributed by atoms with Crippen LogP contribution in [0.2, 0.25) is 0 Å². The molecule has 1 aromatic heterocycles. The van der Waals surface area contributed by atoms with Crippen LogP contribution in [0.3, 0.4) is 0 Å². The van der Waals surface area contributed by atoms with Crippen LogP contribution in [0.1, 0.15) is 37.8 Å².